The number of carbonyl (C=O) groups excluding carboxylic acids is 1. The first kappa shape index (κ1) is 14.3. The highest BCUT2D eigenvalue weighted by molar-refractivity contribution is 5.97. The number of aliphatic carboxylic acids is 1. The molecular formula is C12H10N2O7. The van der Waals surface area contributed by atoms with Gasteiger partial charge in [-0.1, -0.05) is 0 Å². The number of carboxylic acid groups (broad SMARTS) is 1. The molecule has 0 saturated heterocycles. The van der Waals surface area contributed by atoms with Crippen LogP contribution in [0.2, 0.25) is 0 Å². The number of rotatable bonds is 4. The minimum Gasteiger partial charge on any atom is -0.477 e. The third-order valence-corrected chi connectivity index (χ3v) is 2.56. The molecule has 1 aromatic carbocycles. The van der Waals surface area contributed by atoms with E-state index in [1.165, 1.54) is 6.07 Å². The highest BCUT2D eigenvalue weighted by atomic mass is 16.7. The highest BCUT2D eigenvalue weighted by Crippen LogP contribution is 2.38. The average molecular weight is 294 g/mol. The molecule has 0 aliphatic carbocycles. The Labute approximate surface area is 117 Å². The van der Waals surface area contributed by atoms with Crippen molar-refractivity contribution in [1.29, 1.82) is 0 Å². The molecule has 2 rings (SSSR count). The zero-order chi connectivity index (χ0) is 15.6. The lowest BCUT2D eigenvalue weighted by atomic mass is 10.1. The number of hydrogen-bond donors (Lipinski definition) is 2. The largest absolute Gasteiger partial charge is 0.477 e. The lowest BCUT2D eigenvalue weighted by Gasteiger charge is -2.05. The van der Waals surface area contributed by atoms with E-state index in [1.54, 1.807) is 0 Å². The van der Waals surface area contributed by atoms with Crippen LogP contribution in [0.1, 0.15) is 12.5 Å². The van der Waals surface area contributed by atoms with Gasteiger partial charge in [0.15, 0.2) is 11.5 Å². The molecule has 9 heteroatoms. The van der Waals surface area contributed by atoms with Gasteiger partial charge in [0.2, 0.25) is 12.7 Å². The van der Waals surface area contributed by atoms with Gasteiger partial charge in [-0.15, -0.1) is 0 Å². The topological polar surface area (TPSA) is 128 Å². The van der Waals surface area contributed by atoms with Crippen molar-refractivity contribution in [2.45, 2.75) is 6.92 Å². The van der Waals surface area contributed by atoms with Crippen molar-refractivity contribution in [2.75, 3.05) is 6.79 Å². The van der Waals surface area contributed by atoms with Gasteiger partial charge in [0.25, 0.3) is 5.69 Å². The summed E-state index contributed by atoms with van der Waals surface area (Å²) in [5.41, 5.74) is -0.858. The van der Waals surface area contributed by atoms with Crippen molar-refractivity contribution in [1.82, 2.24) is 5.32 Å². The van der Waals surface area contributed by atoms with Crippen LogP contribution in [-0.4, -0.2) is 28.7 Å². The number of nitrogens with one attached hydrogen (secondary N) is 1. The molecule has 1 amide bonds. The van der Waals surface area contributed by atoms with Gasteiger partial charge >= 0.3 is 5.97 Å². The van der Waals surface area contributed by atoms with Gasteiger partial charge in [0, 0.05) is 6.92 Å². The smallest absolute Gasteiger partial charge is 0.352 e. The summed E-state index contributed by atoms with van der Waals surface area (Å²) in [6.45, 7) is 1.06. The number of carbonyl (C=O) groups is 2. The van der Waals surface area contributed by atoms with Crippen LogP contribution in [0.4, 0.5) is 5.69 Å². The monoisotopic (exact) mass is 294 g/mol. The summed E-state index contributed by atoms with van der Waals surface area (Å²) in [6, 6.07) is 2.42. The van der Waals surface area contributed by atoms with Gasteiger partial charge in [-0.2, -0.15) is 0 Å². The number of carboxylic acids is 1. The molecule has 1 aliphatic heterocycles. The van der Waals surface area contributed by atoms with Gasteiger partial charge in [-0.3, -0.25) is 14.9 Å². The van der Waals surface area contributed by atoms with E-state index in [4.69, 9.17) is 14.6 Å². The average Bonchev–Trinajstić information content (AvgIpc) is 2.83. The predicted molar refractivity (Wildman–Crippen MR) is 68.6 cm³/mol. The van der Waals surface area contributed by atoms with E-state index in [9.17, 15) is 19.7 Å². The molecule has 1 heterocycles. The van der Waals surface area contributed by atoms with Gasteiger partial charge in [0.05, 0.1) is 16.6 Å². The maximum absolute atomic E-state index is 11.0. The second-order valence-corrected chi connectivity index (χ2v) is 4.07. The molecule has 0 unspecified atom stereocenters. The Morgan fingerprint density at radius 2 is 2.00 bits per heavy atom. The number of nitro benzene ring substituents is 1. The molecule has 9 nitrogen and oxygen atoms in total. The summed E-state index contributed by atoms with van der Waals surface area (Å²) < 4.78 is 10.1. The first-order valence-corrected chi connectivity index (χ1v) is 5.69. The van der Waals surface area contributed by atoms with Crippen molar-refractivity contribution in [3.05, 3.63) is 33.5 Å². The second kappa shape index (κ2) is 5.49. The zero-order valence-electron chi connectivity index (χ0n) is 10.8. The van der Waals surface area contributed by atoms with Crippen LogP contribution in [0.3, 0.4) is 0 Å². The van der Waals surface area contributed by atoms with Crippen molar-refractivity contribution in [2.24, 2.45) is 0 Å². The molecule has 0 aromatic heterocycles. The minimum atomic E-state index is -1.42. The van der Waals surface area contributed by atoms with Crippen molar-refractivity contribution in [3.8, 4) is 11.5 Å². The third-order valence-electron chi connectivity index (χ3n) is 2.56. The molecule has 0 atom stereocenters. The standard InChI is InChI=1S/C12H10N2O7/c1-6(15)13-8(12(16)17)2-7-3-10-11(21-5-20-10)4-9(7)14(18)19/h2-4H,5H2,1H3,(H,13,15)(H,16,17)/b8-2-. The predicted octanol–water partition coefficient (Wildman–Crippen LogP) is 0.885. The maximum atomic E-state index is 11.0. The maximum Gasteiger partial charge on any atom is 0.352 e. The highest BCUT2D eigenvalue weighted by Gasteiger charge is 2.23. The van der Waals surface area contributed by atoms with E-state index in [1.807, 2.05) is 0 Å². The third kappa shape index (κ3) is 3.08. The molecule has 0 bridgehead atoms. The minimum absolute atomic E-state index is 0.0181. The summed E-state index contributed by atoms with van der Waals surface area (Å²) in [7, 11) is 0. The van der Waals surface area contributed by atoms with Crippen LogP contribution >= 0.6 is 0 Å². The Morgan fingerprint density at radius 1 is 1.38 bits per heavy atom. The number of amides is 1. The lowest BCUT2D eigenvalue weighted by molar-refractivity contribution is -0.385. The Bertz CT molecular complexity index is 666. The Morgan fingerprint density at radius 3 is 2.52 bits per heavy atom. The van der Waals surface area contributed by atoms with Crippen LogP contribution in [0.25, 0.3) is 6.08 Å². The van der Waals surface area contributed by atoms with Crippen molar-refractivity contribution < 1.29 is 29.1 Å². The van der Waals surface area contributed by atoms with Crippen LogP contribution < -0.4 is 14.8 Å². The normalized spacial score (nSPS) is 12.9. The first-order valence-electron chi connectivity index (χ1n) is 5.69. The van der Waals surface area contributed by atoms with Crippen molar-refractivity contribution >= 4 is 23.6 Å². The lowest BCUT2D eigenvalue weighted by Crippen LogP contribution is -2.24. The summed E-state index contributed by atoms with van der Waals surface area (Å²) in [6.07, 6.45) is 0.990. The van der Waals surface area contributed by atoms with Crippen LogP contribution in [0, 0.1) is 10.1 Å². The SMILES string of the molecule is CC(=O)N/C(=C\c1cc2c(cc1[N+](=O)[O-])OCO2)C(=O)O. The summed E-state index contributed by atoms with van der Waals surface area (Å²) in [5, 5.41) is 22.1. The number of nitro groups is 1. The number of hydrogen-bond acceptors (Lipinski definition) is 6. The van der Waals surface area contributed by atoms with E-state index in [0.717, 1.165) is 19.1 Å². The molecule has 0 spiro atoms. The van der Waals surface area contributed by atoms with Crippen LogP contribution in [0.15, 0.2) is 17.8 Å². The Kier molecular flexibility index (Phi) is 3.74. The summed E-state index contributed by atoms with van der Waals surface area (Å²) in [5.74, 6) is -1.56. The molecular weight excluding hydrogens is 284 g/mol. The molecule has 1 aromatic rings. The first-order chi connectivity index (χ1) is 9.88. The Balaban J connectivity index is 2.53. The molecule has 0 radical (unpaired) electrons. The number of nitrogens with zero attached hydrogens (tertiary/aromatic N) is 1. The van der Waals surface area contributed by atoms with Gasteiger partial charge in [-0.25, -0.2) is 4.79 Å². The molecule has 2 N–H and O–H groups in total. The van der Waals surface area contributed by atoms with Gasteiger partial charge in [-0.05, 0) is 12.1 Å². The fourth-order valence-corrected chi connectivity index (χ4v) is 1.72. The summed E-state index contributed by atoms with van der Waals surface area (Å²) >= 11 is 0. The fourth-order valence-electron chi connectivity index (χ4n) is 1.72. The summed E-state index contributed by atoms with van der Waals surface area (Å²) in [4.78, 5) is 32.4. The van der Waals surface area contributed by atoms with E-state index in [-0.39, 0.29) is 29.5 Å². The van der Waals surface area contributed by atoms with Gasteiger partial charge in [0.1, 0.15) is 5.70 Å². The quantitative estimate of drug-likeness (QED) is 0.479. The second-order valence-electron chi connectivity index (χ2n) is 4.07. The number of ether oxygens (including phenoxy) is 2. The molecule has 110 valence electrons. The molecule has 0 saturated carbocycles. The van der Waals surface area contributed by atoms with Crippen molar-refractivity contribution in [3.63, 3.8) is 0 Å². The van der Waals surface area contributed by atoms with E-state index >= 15 is 0 Å². The van der Waals surface area contributed by atoms with E-state index < -0.39 is 22.5 Å². The van der Waals surface area contributed by atoms with Crippen LogP contribution in [-0.2, 0) is 9.59 Å². The molecule has 0 fully saturated rings. The Hall–Kier alpha value is -3.10. The van der Waals surface area contributed by atoms with E-state index in [2.05, 4.69) is 5.32 Å². The molecule has 1 aliphatic rings. The van der Waals surface area contributed by atoms with E-state index in [0.29, 0.717) is 0 Å². The number of benzene rings is 1. The molecule has 21 heavy (non-hydrogen) atoms. The fraction of sp³-hybridized carbons (Fsp3) is 0.167. The zero-order valence-corrected chi connectivity index (χ0v) is 10.8. The van der Waals surface area contributed by atoms with Gasteiger partial charge < -0.3 is 19.9 Å². The van der Waals surface area contributed by atoms with Crippen LogP contribution in [0.5, 0.6) is 11.5 Å². The number of fused-ring (bicyclic) bond motifs is 1.